The van der Waals surface area contributed by atoms with Crippen molar-refractivity contribution >= 4 is 16.8 Å². The lowest BCUT2D eigenvalue weighted by molar-refractivity contribution is 0.0662. The van der Waals surface area contributed by atoms with Crippen molar-refractivity contribution in [2.45, 2.75) is 58.4 Å². The minimum absolute atomic E-state index is 0.0556. The Morgan fingerprint density at radius 1 is 0.762 bits per heavy atom. The predicted molar refractivity (Wildman–Crippen MR) is 171 cm³/mol. The number of aromatic nitrogens is 2. The molecular formula is C37H39N3O2. The van der Waals surface area contributed by atoms with Gasteiger partial charge in [-0.3, -0.25) is 14.2 Å². The molecule has 1 amide bonds. The van der Waals surface area contributed by atoms with Crippen LogP contribution in [0.25, 0.3) is 16.6 Å². The number of fused-ring (bicyclic) bond motifs is 1. The minimum Gasteiger partial charge on any atom is -0.328 e. The van der Waals surface area contributed by atoms with E-state index in [1.807, 2.05) is 89.8 Å². The Hall–Kier alpha value is -4.51. The van der Waals surface area contributed by atoms with E-state index in [-0.39, 0.29) is 11.5 Å². The van der Waals surface area contributed by atoms with Crippen molar-refractivity contribution in [2.75, 3.05) is 6.54 Å². The van der Waals surface area contributed by atoms with Crippen LogP contribution in [0.5, 0.6) is 0 Å². The summed E-state index contributed by atoms with van der Waals surface area (Å²) in [6, 6.07) is 34.9. The fourth-order valence-electron chi connectivity index (χ4n) is 5.59. The molecule has 0 fully saturated rings. The van der Waals surface area contributed by atoms with Gasteiger partial charge in [0.1, 0.15) is 5.82 Å². The quantitative estimate of drug-likeness (QED) is 0.146. The normalized spacial score (nSPS) is 11.9. The Morgan fingerprint density at radius 3 is 2.10 bits per heavy atom. The van der Waals surface area contributed by atoms with Crippen molar-refractivity contribution in [1.82, 2.24) is 14.5 Å². The molecule has 1 heterocycles. The van der Waals surface area contributed by atoms with Crippen LogP contribution in [0, 0.1) is 0 Å². The zero-order valence-corrected chi connectivity index (χ0v) is 24.6. The lowest BCUT2D eigenvalue weighted by Gasteiger charge is -2.32. The second-order valence-electron chi connectivity index (χ2n) is 10.8. The Labute approximate surface area is 248 Å². The highest BCUT2D eigenvalue weighted by atomic mass is 16.2. The second-order valence-corrected chi connectivity index (χ2v) is 10.8. The number of carbonyl (C=O) groups excluding carboxylic acids is 1. The summed E-state index contributed by atoms with van der Waals surface area (Å²) in [5.74, 6) is 0.518. The van der Waals surface area contributed by atoms with Gasteiger partial charge < -0.3 is 4.90 Å². The van der Waals surface area contributed by atoms with E-state index in [1.165, 1.54) is 18.4 Å². The monoisotopic (exact) mass is 557 g/mol. The summed E-state index contributed by atoms with van der Waals surface area (Å²) in [5.41, 5.74) is 4.29. The molecule has 0 saturated carbocycles. The standard InChI is InChI=1S/C37H39N3O2/c1-3-5-8-15-29-22-24-30(25-23-29)36(41)39(27-26-28-16-9-6-10-17-28)34(4-2)35-38-33-21-14-13-20-32(33)37(42)40(35)31-18-11-7-12-19-31/h6-7,9-14,16-25,34H,3-5,8,15,26-27H2,1-2H3. The number of unbranched alkanes of at least 4 members (excludes halogenated alkanes) is 2. The number of para-hydroxylation sites is 2. The maximum Gasteiger partial charge on any atom is 0.266 e. The van der Waals surface area contributed by atoms with Crippen molar-refractivity contribution in [2.24, 2.45) is 0 Å². The molecule has 0 bridgehead atoms. The summed E-state index contributed by atoms with van der Waals surface area (Å²) in [4.78, 5) is 35.3. The highest BCUT2D eigenvalue weighted by Gasteiger charge is 2.29. The molecule has 5 heteroatoms. The van der Waals surface area contributed by atoms with Crippen LogP contribution in [0.3, 0.4) is 0 Å². The molecule has 0 aliphatic heterocycles. The number of amides is 1. The molecule has 1 unspecified atom stereocenters. The van der Waals surface area contributed by atoms with Crippen molar-refractivity contribution in [3.63, 3.8) is 0 Å². The molecule has 5 aromatic rings. The third kappa shape index (κ3) is 6.52. The van der Waals surface area contributed by atoms with Crippen LogP contribution in [0.4, 0.5) is 0 Å². The van der Waals surface area contributed by atoms with E-state index >= 15 is 0 Å². The highest BCUT2D eigenvalue weighted by molar-refractivity contribution is 5.94. The van der Waals surface area contributed by atoms with E-state index in [0.717, 1.165) is 24.1 Å². The van der Waals surface area contributed by atoms with Gasteiger partial charge in [-0.1, -0.05) is 99.5 Å². The summed E-state index contributed by atoms with van der Waals surface area (Å²) in [6.45, 7) is 4.76. The smallest absolute Gasteiger partial charge is 0.266 e. The van der Waals surface area contributed by atoms with Crippen LogP contribution < -0.4 is 5.56 Å². The van der Waals surface area contributed by atoms with Gasteiger partial charge in [-0.15, -0.1) is 0 Å². The molecular weight excluding hydrogens is 518 g/mol. The number of hydrogen-bond donors (Lipinski definition) is 0. The highest BCUT2D eigenvalue weighted by Crippen LogP contribution is 2.28. The van der Waals surface area contributed by atoms with Crippen LogP contribution in [-0.4, -0.2) is 26.9 Å². The fourth-order valence-corrected chi connectivity index (χ4v) is 5.59. The maximum atomic E-state index is 14.3. The molecule has 0 radical (unpaired) electrons. The molecule has 4 aromatic carbocycles. The van der Waals surface area contributed by atoms with E-state index in [1.54, 1.807) is 4.57 Å². The number of hydrogen-bond acceptors (Lipinski definition) is 3. The van der Waals surface area contributed by atoms with Gasteiger partial charge in [0.2, 0.25) is 0 Å². The number of carbonyl (C=O) groups is 1. The molecule has 0 aliphatic rings. The molecule has 0 aliphatic carbocycles. The maximum absolute atomic E-state index is 14.3. The lowest BCUT2D eigenvalue weighted by atomic mass is 10.0. The Bertz CT molecular complexity index is 1660. The largest absolute Gasteiger partial charge is 0.328 e. The van der Waals surface area contributed by atoms with Gasteiger partial charge in [-0.05, 0) is 73.2 Å². The Balaban J connectivity index is 1.59. The molecule has 0 spiro atoms. The minimum atomic E-state index is -0.414. The van der Waals surface area contributed by atoms with Gasteiger partial charge in [0.05, 0.1) is 22.6 Å². The van der Waals surface area contributed by atoms with Crippen molar-refractivity contribution in [1.29, 1.82) is 0 Å². The first-order valence-corrected chi connectivity index (χ1v) is 15.1. The van der Waals surface area contributed by atoms with E-state index in [4.69, 9.17) is 4.98 Å². The van der Waals surface area contributed by atoms with Crippen LogP contribution in [0.1, 0.15) is 72.9 Å². The SMILES string of the molecule is CCCCCc1ccc(C(=O)N(CCc2ccccc2)C(CC)c2nc3ccccc3c(=O)n2-c2ccccc2)cc1. The van der Waals surface area contributed by atoms with Gasteiger partial charge in [-0.2, -0.15) is 0 Å². The summed E-state index contributed by atoms with van der Waals surface area (Å²) >= 11 is 0. The molecule has 42 heavy (non-hydrogen) atoms. The molecule has 5 rings (SSSR count). The topological polar surface area (TPSA) is 55.2 Å². The summed E-state index contributed by atoms with van der Waals surface area (Å²) in [5, 5.41) is 0.556. The lowest BCUT2D eigenvalue weighted by Crippen LogP contribution is -2.39. The molecule has 0 saturated heterocycles. The van der Waals surface area contributed by atoms with E-state index < -0.39 is 6.04 Å². The third-order valence-corrected chi connectivity index (χ3v) is 7.89. The van der Waals surface area contributed by atoms with E-state index in [0.29, 0.717) is 41.7 Å². The molecule has 5 nitrogen and oxygen atoms in total. The van der Waals surface area contributed by atoms with Crippen molar-refractivity contribution in [3.05, 3.63) is 142 Å². The third-order valence-electron chi connectivity index (χ3n) is 7.89. The fraction of sp³-hybridized carbons (Fsp3) is 0.270. The van der Waals surface area contributed by atoms with Crippen LogP contribution in [0.2, 0.25) is 0 Å². The van der Waals surface area contributed by atoms with Crippen molar-refractivity contribution in [3.8, 4) is 5.69 Å². The number of aryl methyl sites for hydroxylation is 1. The first-order valence-electron chi connectivity index (χ1n) is 15.1. The van der Waals surface area contributed by atoms with Gasteiger partial charge in [0, 0.05) is 12.1 Å². The zero-order chi connectivity index (χ0) is 29.3. The first kappa shape index (κ1) is 29.0. The number of rotatable bonds is 12. The summed E-state index contributed by atoms with van der Waals surface area (Å²) in [7, 11) is 0. The number of nitrogens with zero attached hydrogens (tertiary/aromatic N) is 3. The predicted octanol–water partition coefficient (Wildman–Crippen LogP) is 7.95. The summed E-state index contributed by atoms with van der Waals surface area (Å²) in [6.07, 6.45) is 5.85. The van der Waals surface area contributed by atoms with Crippen LogP contribution >= 0.6 is 0 Å². The Morgan fingerprint density at radius 2 is 1.40 bits per heavy atom. The van der Waals surface area contributed by atoms with Gasteiger partial charge >= 0.3 is 0 Å². The average Bonchev–Trinajstić information content (AvgIpc) is 3.04. The molecule has 0 N–H and O–H groups in total. The van der Waals surface area contributed by atoms with Crippen LogP contribution in [0.15, 0.2) is 114 Å². The number of benzene rings is 4. The van der Waals surface area contributed by atoms with E-state index in [9.17, 15) is 9.59 Å². The van der Waals surface area contributed by atoms with Crippen LogP contribution in [-0.2, 0) is 12.8 Å². The molecule has 214 valence electrons. The van der Waals surface area contributed by atoms with Gasteiger partial charge in [-0.25, -0.2) is 4.98 Å². The first-order chi connectivity index (χ1) is 20.6. The van der Waals surface area contributed by atoms with E-state index in [2.05, 4.69) is 38.1 Å². The Kier molecular flexibility index (Phi) is 9.60. The average molecular weight is 558 g/mol. The molecule has 1 atom stereocenters. The van der Waals surface area contributed by atoms with Gasteiger partial charge in [0.25, 0.3) is 11.5 Å². The summed E-state index contributed by atoms with van der Waals surface area (Å²) < 4.78 is 1.69. The van der Waals surface area contributed by atoms with Crippen molar-refractivity contribution < 1.29 is 4.79 Å². The zero-order valence-electron chi connectivity index (χ0n) is 24.6. The van der Waals surface area contributed by atoms with Gasteiger partial charge in [0.15, 0.2) is 0 Å². The molecule has 1 aromatic heterocycles. The second kappa shape index (κ2) is 13.9.